The van der Waals surface area contributed by atoms with Crippen LogP contribution in [-0.2, 0) is 20.7 Å². The maximum Gasteiger partial charge on any atom is 0.407 e. The molecule has 2 N–H and O–H groups in total. The Bertz CT molecular complexity index is 1510. The smallest absolute Gasteiger partial charge is 0.407 e. The topological polar surface area (TPSA) is 102 Å². The predicted molar refractivity (Wildman–Crippen MR) is 156 cm³/mol. The van der Waals surface area contributed by atoms with Crippen LogP contribution in [0.25, 0.3) is 22.3 Å². The molecule has 0 spiro atoms. The normalized spacial score (nSPS) is 12.8. The number of carboxylic acids is 1. The second kappa shape index (κ2) is 12.1. The summed E-state index contributed by atoms with van der Waals surface area (Å²) in [5.74, 6) is -1.63. The number of hydrogen-bond donors (Lipinski definition) is 2. The molecule has 1 atom stereocenters. The molecule has 1 aliphatic carbocycles. The van der Waals surface area contributed by atoms with Gasteiger partial charge in [-0.1, -0.05) is 84.9 Å². The molecule has 208 valence electrons. The Kier molecular flexibility index (Phi) is 8.15. The maximum absolute atomic E-state index is 12.7. The van der Waals surface area contributed by atoms with E-state index in [1.165, 1.54) is 0 Å². The number of nitrogens with one attached hydrogen (secondary N) is 1. The number of carbonyl (C=O) groups is 3. The second-order valence-corrected chi connectivity index (χ2v) is 10.3. The van der Waals surface area contributed by atoms with Gasteiger partial charge in [0.25, 0.3) is 0 Å². The summed E-state index contributed by atoms with van der Waals surface area (Å²) in [6.45, 7) is 3.71. The van der Waals surface area contributed by atoms with Crippen molar-refractivity contribution >= 4 is 18.0 Å². The van der Waals surface area contributed by atoms with Gasteiger partial charge in [0.15, 0.2) is 0 Å². The van der Waals surface area contributed by atoms with Crippen LogP contribution >= 0.6 is 0 Å². The van der Waals surface area contributed by atoms with E-state index in [2.05, 4.69) is 17.4 Å². The van der Waals surface area contributed by atoms with Crippen molar-refractivity contribution in [3.8, 4) is 22.3 Å². The number of amides is 1. The van der Waals surface area contributed by atoms with Crippen LogP contribution in [0.3, 0.4) is 0 Å². The van der Waals surface area contributed by atoms with E-state index in [-0.39, 0.29) is 31.0 Å². The fraction of sp³-hybridized carbons (Fsp3) is 0.206. The van der Waals surface area contributed by atoms with Gasteiger partial charge in [0, 0.05) is 12.3 Å². The molecule has 0 radical (unpaired) electrons. The minimum atomic E-state index is -1.15. The van der Waals surface area contributed by atoms with Gasteiger partial charge in [0.1, 0.15) is 12.6 Å². The minimum Gasteiger partial charge on any atom is -0.480 e. The number of carboxylic acid groups (broad SMARTS) is 1. The van der Waals surface area contributed by atoms with Crippen molar-refractivity contribution < 1.29 is 29.0 Å². The van der Waals surface area contributed by atoms with Crippen LogP contribution in [0.1, 0.15) is 46.8 Å². The fourth-order valence-corrected chi connectivity index (χ4v) is 5.13. The molecule has 0 heterocycles. The Labute approximate surface area is 238 Å². The van der Waals surface area contributed by atoms with Crippen molar-refractivity contribution in [3.63, 3.8) is 0 Å². The fourth-order valence-electron chi connectivity index (χ4n) is 5.13. The standard InChI is InChI=1S/C34H31NO6/c1-21(2)41-33(38)25-17-15-24(16-18-25)23-13-11-22(12-14-23)19-31(32(36)37)35-34(39)40-20-30-28-9-5-3-7-26(28)27-8-4-6-10-29(27)30/h3-18,21,30-31H,19-20H2,1-2H3,(H,35,39)(H,36,37). The third-order valence-corrected chi connectivity index (χ3v) is 7.12. The highest BCUT2D eigenvalue weighted by molar-refractivity contribution is 5.90. The lowest BCUT2D eigenvalue weighted by atomic mass is 9.98. The molecule has 0 saturated heterocycles. The molecule has 0 saturated carbocycles. The van der Waals surface area contributed by atoms with E-state index < -0.39 is 18.1 Å². The molecular weight excluding hydrogens is 518 g/mol. The van der Waals surface area contributed by atoms with Gasteiger partial charge in [-0.25, -0.2) is 14.4 Å². The molecular formula is C34H31NO6. The second-order valence-electron chi connectivity index (χ2n) is 10.3. The molecule has 0 aromatic heterocycles. The number of fused-ring (bicyclic) bond motifs is 3. The van der Waals surface area contributed by atoms with Gasteiger partial charge < -0.3 is 19.9 Å². The minimum absolute atomic E-state index is 0.0970. The number of esters is 1. The Morgan fingerprint density at radius 1 is 0.780 bits per heavy atom. The van der Waals surface area contributed by atoms with Crippen molar-refractivity contribution in [2.24, 2.45) is 0 Å². The molecule has 41 heavy (non-hydrogen) atoms. The highest BCUT2D eigenvalue weighted by atomic mass is 16.6. The molecule has 0 bridgehead atoms. The van der Waals surface area contributed by atoms with Crippen LogP contribution < -0.4 is 5.32 Å². The van der Waals surface area contributed by atoms with Gasteiger partial charge in [-0.2, -0.15) is 0 Å². The molecule has 7 heteroatoms. The Morgan fingerprint density at radius 3 is 1.85 bits per heavy atom. The van der Waals surface area contributed by atoms with E-state index in [0.29, 0.717) is 5.56 Å². The lowest BCUT2D eigenvalue weighted by Crippen LogP contribution is -2.42. The summed E-state index contributed by atoms with van der Waals surface area (Å²) < 4.78 is 10.8. The van der Waals surface area contributed by atoms with Crippen LogP contribution in [0.15, 0.2) is 97.1 Å². The molecule has 1 amide bonds. The van der Waals surface area contributed by atoms with E-state index in [0.717, 1.165) is 38.9 Å². The monoisotopic (exact) mass is 549 g/mol. The van der Waals surface area contributed by atoms with Crippen molar-refractivity contribution in [2.75, 3.05) is 6.61 Å². The number of carbonyl (C=O) groups excluding carboxylic acids is 2. The molecule has 1 aliphatic rings. The summed E-state index contributed by atoms with van der Waals surface area (Å²) >= 11 is 0. The Morgan fingerprint density at radius 2 is 1.32 bits per heavy atom. The molecule has 4 aromatic rings. The average Bonchev–Trinajstić information content (AvgIpc) is 3.29. The summed E-state index contributed by atoms with van der Waals surface area (Å²) in [5.41, 5.74) is 7.45. The summed E-state index contributed by atoms with van der Waals surface area (Å²) in [6.07, 6.45) is -0.866. The number of benzene rings is 4. The molecule has 0 aliphatic heterocycles. The number of rotatable bonds is 9. The molecule has 4 aromatic carbocycles. The molecule has 5 rings (SSSR count). The predicted octanol–water partition coefficient (Wildman–Crippen LogP) is 6.45. The zero-order valence-electron chi connectivity index (χ0n) is 22.9. The summed E-state index contributed by atoms with van der Waals surface area (Å²) in [7, 11) is 0. The quantitative estimate of drug-likeness (QED) is 0.233. The third kappa shape index (κ3) is 6.30. The van der Waals surface area contributed by atoms with Crippen LogP contribution in [0, 0.1) is 0 Å². The lowest BCUT2D eigenvalue weighted by molar-refractivity contribution is -0.139. The molecule has 1 unspecified atom stereocenters. The first-order valence-corrected chi connectivity index (χ1v) is 13.5. The SMILES string of the molecule is CC(C)OC(=O)c1ccc(-c2ccc(CC(NC(=O)OCC3c4ccccc4-c4ccccc43)C(=O)O)cc2)cc1. The Balaban J connectivity index is 1.19. The van der Waals surface area contributed by atoms with E-state index >= 15 is 0 Å². The van der Waals surface area contributed by atoms with E-state index in [4.69, 9.17) is 9.47 Å². The first-order chi connectivity index (χ1) is 19.8. The highest BCUT2D eigenvalue weighted by Gasteiger charge is 2.29. The van der Waals surface area contributed by atoms with Crippen LogP contribution in [0.2, 0.25) is 0 Å². The van der Waals surface area contributed by atoms with Crippen LogP contribution in [0.4, 0.5) is 4.79 Å². The van der Waals surface area contributed by atoms with Crippen molar-refractivity contribution in [2.45, 2.75) is 38.3 Å². The third-order valence-electron chi connectivity index (χ3n) is 7.12. The van der Waals surface area contributed by atoms with Gasteiger partial charge >= 0.3 is 18.0 Å². The molecule has 7 nitrogen and oxygen atoms in total. The summed E-state index contributed by atoms with van der Waals surface area (Å²) in [4.78, 5) is 36.7. The number of alkyl carbamates (subject to hydrolysis) is 1. The highest BCUT2D eigenvalue weighted by Crippen LogP contribution is 2.44. The first kappa shape index (κ1) is 27.6. The average molecular weight is 550 g/mol. The number of hydrogen-bond acceptors (Lipinski definition) is 5. The van der Waals surface area contributed by atoms with Gasteiger partial charge in [0.2, 0.25) is 0 Å². The maximum atomic E-state index is 12.7. The molecule has 0 fully saturated rings. The van der Waals surface area contributed by atoms with Gasteiger partial charge in [-0.15, -0.1) is 0 Å². The lowest BCUT2D eigenvalue weighted by Gasteiger charge is -2.17. The number of ether oxygens (including phenoxy) is 2. The zero-order valence-corrected chi connectivity index (χ0v) is 22.9. The van der Waals surface area contributed by atoms with Crippen molar-refractivity contribution in [1.82, 2.24) is 5.32 Å². The van der Waals surface area contributed by atoms with Gasteiger partial charge in [0.05, 0.1) is 11.7 Å². The van der Waals surface area contributed by atoms with Gasteiger partial charge in [-0.3, -0.25) is 0 Å². The van der Waals surface area contributed by atoms with Crippen molar-refractivity contribution in [1.29, 1.82) is 0 Å². The van der Waals surface area contributed by atoms with Crippen molar-refractivity contribution in [3.05, 3.63) is 119 Å². The Hall–Kier alpha value is -4.91. The number of aliphatic carboxylic acids is 1. The zero-order chi connectivity index (χ0) is 28.9. The first-order valence-electron chi connectivity index (χ1n) is 13.5. The van der Waals surface area contributed by atoms with E-state index in [9.17, 15) is 19.5 Å². The van der Waals surface area contributed by atoms with E-state index in [1.807, 2.05) is 72.8 Å². The van der Waals surface area contributed by atoms with Crippen LogP contribution in [-0.4, -0.2) is 41.9 Å². The largest absolute Gasteiger partial charge is 0.480 e. The van der Waals surface area contributed by atoms with E-state index in [1.54, 1.807) is 26.0 Å². The van der Waals surface area contributed by atoms with Crippen LogP contribution in [0.5, 0.6) is 0 Å². The summed E-state index contributed by atoms with van der Waals surface area (Å²) in [5, 5.41) is 12.3. The summed E-state index contributed by atoms with van der Waals surface area (Å²) in [6, 6.07) is 29.4. The van der Waals surface area contributed by atoms with Gasteiger partial charge in [-0.05, 0) is 64.9 Å².